The van der Waals surface area contributed by atoms with Gasteiger partial charge < -0.3 is 20.1 Å². The van der Waals surface area contributed by atoms with Gasteiger partial charge in [-0.15, -0.1) is 0 Å². The molecule has 0 spiro atoms. The third kappa shape index (κ3) is 3.73. The maximum atomic E-state index is 13.6. The first kappa shape index (κ1) is 24.8. The minimum Gasteiger partial charge on any atom is -0.497 e. The van der Waals surface area contributed by atoms with Crippen molar-refractivity contribution in [2.45, 2.75) is 26.9 Å². The molecule has 0 unspecified atom stereocenters. The van der Waals surface area contributed by atoms with Gasteiger partial charge in [0.25, 0.3) is 22.2 Å². The summed E-state index contributed by atoms with van der Waals surface area (Å²) in [4.78, 5) is 54.0. The highest BCUT2D eigenvalue weighted by Gasteiger charge is 2.29. The van der Waals surface area contributed by atoms with E-state index in [1.54, 1.807) is 76.6 Å². The molecule has 10 heteroatoms. The third-order valence-corrected chi connectivity index (χ3v) is 6.69. The quantitative estimate of drug-likeness (QED) is 0.302. The maximum absolute atomic E-state index is 13.6. The minimum atomic E-state index is -0.600. The summed E-state index contributed by atoms with van der Waals surface area (Å²) >= 11 is 0. The van der Waals surface area contributed by atoms with Crippen molar-refractivity contribution in [1.82, 2.24) is 9.13 Å². The normalized spacial score (nSPS) is 11.3. The Balaban J connectivity index is 1.92. The van der Waals surface area contributed by atoms with Gasteiger partial charge in [-0.25, -0.2) is 0 Å². The zero-order chi connectivity index (χ0) is 27.1. The van der Waals surface area contributed by atoms with Crippen molar-refractivity contribution < 1.29 is 9.47 Å². The zero-order valence-electron chi connectivity index (χ0n) is 21.4. The number of aromatic nitrogens is 2. The van der Waals surface area contributed by atoms with Crippen molar-refractivity contribution in [2.75, 3.05) is 24.9 Å². The van der Waals surface area contributed by atoms with E-state index in [0.29, 0.717) is 22.9 Å². The van der Waals surface area contributed by atoms with Crippen molar-refractivity contribution in [3.63, 3.8) is 0 Å². The Kier molecular flexibility index (Phi) is 6.23. The van der Waals surface area contributed by atoms with Gasteiger partial charge in [-0.3, -0.25) is 28.3 Å². The van der Waals surface area contributed by atoms with Gasteiger partial charge in [0.1, 0.15) is 11.5 Å². The molecule has 38 heavy (non-hydrogen) atoms. The summed E-state index contributed by atoms with van der Waals surface area (Å²) in [6.07, 6.45) is 0. The smallest absolute Gasteiger partial charge is 0.263 e. The zero-order valence-corrected chi connectivity index (χ0v) is 21.4. The number of ether oxygens (including phenoxy) is 2. The molecule has 0 fully saturated rings. The van der Waals surface area contributed by atoms with Crippen LogP contribution in [0.3, 0.4) is 0 Å². The number of anilines is 4. The second-order valence-corrected chi connectivity index (χ2v) is 8.67. The number of hydrogen-bond acceptors (Lipinski definition) is 8. The topological polar surface area (TPSA) is 121 Å². The molecule has 3 aromatic carbocycles. The highest BCUT2D eigenvalue weighted by molar-refractivity contribution is 6.21. The first-order valence-electron chi connectivity index (χ1n) is 12.1. The Hall–Kier alpha value is -4.86. The monoisotopic (exact) mass is 514 g/mol. The average molecular weight is 515 g/mol. The molecule has 194 valence electrons. The van der Waals surface area contributed by atoms with E-state index in [1.165, 1.54) is 0 Å². The molecule has 2 heterocycles. The Morgan fingerprint density at radius 2 is 0.868 bits per heavy atom. The van der Waals surface area contributed by atoms with Crippen LogP contribution in [0.25, 0.3) is 21.5 Å². The number of hydrogen-bond donors (Lipinski definition) is 2. The summed E-state index contributed by atoms with van der Waals surface area (Å²) < 4.78 is 12.6. The molecule has 2 N–H and O–H groups in total. The molecular weight excluding hydrogens is 488 g/mol. The first-order chi connectivity index (χ1) is 18.3. The second kappa shape index (κ2) is 9.55. The minimum absolute atomic E-state index is 0.0431. The van der Waals surface area contributed by atoms with E-state index in [0.717, 1.165) is 9.13 Å². The first-order valence-corrected chi connectivity index (χ1v) is 12.1. The number of nitrogens with one attached hydrogen (secondary N) is 2. The molecule has 0 bridgehead atoms. The molecule has 2 aromatic heterocycles. The van der Waals surface area contributed by atoms with Crippen LogP contribution in [-0.4, -0.2) is 23.4 Å². The molecule has 0 saturated carbocycles. The molecule has 0 radical (unpaired) electrons. The maximum Gasteiger partial charge on any atom is 0.263 e. The lowest BCUT2D eigenvalue weighted by molar-refractivity contribution is 0.415. The Labute approximate surface area is 216 Å². The Bertz CT molecular complexity index is 1740. The molecule has 0 saturated heterocycles. The van der Waals surface area contributed by atoms with E-state index in [1.807, 2.05) is 0 Å². The Morgan fingerprint density at radius 1 is 0.553 bits per heavy atom. The van der Waals surface area contributed by atoms with Gasteiger partial charge in [0.05, 0.1) is 47.1 Å². The summed E-state index contributed by atoms with van der Waals surface area (Å²) in [6.45, 7) is 3.59. The Morgan fingerprint density at radius 3 is 1.16 bits per heavy atom. The van der Waals surface area contributed by atoms with Gasteiger partial charge in [0.15, 0.2) is 0 Å². The molecule has 5 aromatic rings. The van der Waals surface area contributed by atoms with Crippen molar-refractivity contribution in [2.24, 2.45) is 0 Å². The van der Waals surface area contributed by atoms with Crippen LogP contribution >= 0.6 is 0 Å². The molecule has 0 aliphatic carbocycles. The van der Waals surface area contributed by atoms with E-state index >= 15 is 0 Å². The summed E-state index contributed by atoms with van der Waals surface area (Å²) in [6, 6.07) is 14.0. The van der Waals surface area contributed by atoms with Crippen molar-refractivity contribution >= 4 is 44.3 Å². The van der Waals surface area contributed by atoms with Crippen molar-refractivity contribution in [1.29, 1.82) is 0 Å². The molecule has 5 rings (SSSR count). The summed E-state index contributed by atoms with van der Waals surface area (Å²) in [5.41, 5.74) is -0.650. The average Bonchev–Trinajstić information content (AvgIpc) is 3.34. The van der Waals surface area contributed by atoms with Gasteiger partial charge in [0.2, 0.25) is 0 Å². The predicted octanol–water partition coefficient (Wildman–Crippen LogP) is 3.46. The van der Waals surface area contributed by atoms with E-state index < -0.39 is 22.2 Å². The highest BCUT2D eigenvalue weighted by Crippen LogP contribution is 2.39. The predicted molar refractivity (Wildman–Crippen MR) is 149 cm³/mol. The number of nitrogens with zero attached hydrogens (tertiary/aromatic N) is 2. The summed E-state index contributed by atoms with van der Waals surface area (Å²) in [5, 5.41) is 6.44. The fraction of sp³-hybridized carbons (Fsp3) is 0.214. The molecule has 0 aliphatic heterocycles. The van der Waals surface area contributed by atoms with E-state index in [2.05, 4.69) is 10.6 Å². The fourth-order valence-corrected chi connectivity index (χ4v) is 4.79. The second-order valence-electron chi connectivity index (χ2n) is 8.67. The molecule has 0 atom stereocenters. The van der Waals surface area contributed by atoms with Crippen LogP contribution in [0.5, 0.6) is 11.5 Å². The van der Waals surface area contributed by atoms with Crippen LogP contribution in [0.2, 0.25) is 0 Å². The van der Waals surface area contributed by atoms with Gasteiger partial charge in [-0.2, -0.15) is 0 Å². The SMILES string of the molecule is CCn1c(=O)c2c(Nc3ccc(OC)cc3)c(Nc3ccc(OC)cc3)c3c(=O)n(CC)c(=O)c3c2c1=O. The number of rotatable bonds is 8. The highest BCUT2D eigenvalue weighted by atomic mass is 16.5. The lowest BCUT2D eigenvalue weighted by Gasteiger charge is -2.16. The van der Waals surface area contributed by atoms with Gasteiger partial charge >= 0.3 is 0 Å². The lowest BCUT2D eigenvalue weighted by Crippen LogP contribution is -2.25. The van der Waals surface area contributed by atoms with Crippen LogP contribution < -0.4 is 42.3 Å². The molecule has 0 amide bonds. The lowest BCUT2D eigenvalue weighted by atomic mass is 10.0. The fourth-order valence-electron chi connectivity index (χ4n) is 4.79. The van der Waals surface area contributed by atoms with Crippen molar-refractivity contribution in [3.05, 3.63) is 89.9 Å². The van der Waals surface area contributed by atoms with E-state index in [9.17, 15) is 19.2 Å². The molecule has 0 aliphatic rings. The van der Waals surface area contributed by atoms with E-state index in [4.69, 9.17) is 9.47 Å². The number of fused-ring (bicyclic) bond motifs is 3. The van der Waals surface area contributed by atoms with Crippen molar-refractivity contribution in [3.8, 4) is 11.5 Å². The number of benzene rings is 3. The number of methoxy groups -OCH3 is 2. The van der Waals surface area contributed by atoms with Crippen LogP contribution in [0.1, 0.15) is 13.8 Å². The van der Waals surface area contributed by atoms with Gasteiger partial charge in [-0.05, 0) is 62.4 Å². The summed E-state index contributed by atoms with van der Waals surface area (Å²) in [5.74, 6) is 1.27. The third-order valence-electron chi connectivity index (χ3n) is 6.69. The van der Waals surface area contributed by atoms with Gasteiger partial charge in [-0.1, -0.05) is 0 Å². The summed E-state index contributed by atoms with van der Waals surface area (Å²) in [7, 11) is 3.11. The van der Waals surface area contributed by atoms with Crippen LogP contribution in [0.4, 0.5) is 22.7 Å². The van der Waals surface area contributed by atoms with E-state index in [-0.39, 0.29) is 46.0 Å². The molecular formula is C28H26N4O6. The van der Waals surface area contributed by atoms with Crippen LogP contribution in [0.15, 0.2) is 67.7 Å². The van der Waals surface area contributed by atoms with Crippen LogP contribution in [0, 0.1) is 0 Å². The standard InChI is InChI=1S/C28H26N4O6/c1-5-31-25(33)19-20-22(28(36)32(6-2)26(20)34)24(30-16-9-13-18(38-4)14-10-16)23(21(19)27(31)35)29-15-7-11-17(37-3)12-8-15/h7-14,29-30H,5-6H2,1-4H3. The molecule has 10 nitrogen and oxygen atoms in total. The largest absolute Gasteiger partial charge is 0.497 e. The van der Waals surface area contributed by atoms with Crippen LogP contribution in [-0.2, 0) is 13.1 Å². The van der Waals surface area contributed by atoms with Gasteiger partial charge in [0, 0.05) is 24.5 Å².